The number of aromatic nitrogens is 1. The second-order valence-corrected chi connectivity index (χ2v) is 7.80. The van der Waals surface area contributed by atoms with E-state index < -0.39 is 0 Å². The summed E-state index contributed by atoms with van der Waals surface area (Å²) >= 11 is 0. The van der Waals surface area contributed by atoms with Crippen molar-refractivity contribution in [1.29, 1.82) is 0 Å². The summed E-state index contributed by atoms with van der Waals surface area (Å²) in [5.41, 5.74) is 0.543. The number of allylic oxidation sites excluding steroid dienone is 10. The molecule has 0 aromatic carbocycles. The smallest absolute Gasteiger partial charge is 0.252 e. The Hall–Kier alpha value is -3.21. The minimum atomic E-state index is -0.142. The molecule has 1 rings (SSSR count). The molecule has 0 aliphatic rings. The summed E-state index contributed by atoms with van der Waals surface area (Å²) < 4.78 is 0. The van der Waals surface area contributed by atoms with E-state index in [2.05, 4.69) is 83.3 Å². The zero-order chi connectivity index (χ0) is 24.5. The van der Waals surface area contributed by atoms with Gasteiger partial charge in [-0.25, -0.2) is 0 Å². The lowest BCUT2D eigenvalue weighted by Gasteiger charge is -2.06. The van der Waals surface area contributed by atoms with Gasteiger partial charge in [-0.2, -0.15) is 0 Å². The number of hydrogen-bond donors (Lipinski definition) is 2. The number of carbonyl (C=O) groups is 2. The zero-order valence-corrected chi connectivity index (χ0v) is 20.6. The molecular formula is C29H41N3O2. The molecule has 0 radical (unpaired) electrons. The lowest BCUT2D eigenvalue weighted by Crippen LogP contribution is -2.29. The van der Waals surface area contributed by atoms with Gasteiger partial charge in [-0.3, -0.25) is 14.6 Å². The van der Waals surface area contributed by atoms with E-state index in [0.717, 1.165) is 44.9 Å². The molecule has 0 spiro atoms. The minimum Gasteiger partial charge on any atom is -0.356 e. The number of carbonyl (C=O) groups excluding carboxylic acids is 2. The average molecular weight is 464 g/mol. The van der Waals surface area contributed by atoms with Gasteiger partial charge in [0.15, 0.2) is 0 Å². The second-order valence-electron chi connectivity index (χ2n) is 7.80. The summed E-state index contributed by atoms with van der Waals surface area (Å²) in [6, 6.07) is 3.45. The van der Waals surface area contributed by atoms with Crippen molar-refractivity contribution >= 4 is 11.8 Å². The molecule has 5 heteroatoms. The number of amides is 2. The molecule has 184 valence electrons. The van der Waals surface area contributed by atoms with Gasteiger partial charge in [-0.15, -0.1) is 0 Å². The van der Waals surface area contributed by atoms with E-state index in [1.165, 1.54) is 6.20 Å². The third kappa shape index (κ3) is 17.4. The first-order chi connectivity index (χ1) is 16.7. The Labute approximate surface area is 205 Å². The molecule has 0 atom stereocenters. The van der Waals surface area contributed by atoms with Gasteiger partial charge in [0.05, 0.1) is 5.56 Å². The Kier molecular flexibility index (Phi) is 18.3. The highest BCUT2D eigenvalue weighted by Gasteiger charge is 2.04. The van der Waals surface area contributed by atoms with E-state index in [1.807, 2.05) is 0 Å². The van der Waals surface area contributed by atoms with E-state index in [1.54, 1.807) is 18.3 Å². The first-order valence-electron chi connectivity index (χ1n) is 12.4. The van der Waals surface area contributed by atoms with Crippen molar-refractivity contribution in [3.05, 3.63) is 90.9 Å². The molecular weight excluding hydrogens is 422 g/mol. The van der Waals surface area contributed by atoms with Crippen LogP contribution in [0.15, 0.2) is 85.3 Å². The molecule has 0 aliphatic carbocycles. The van der Waals surface area contributed by atoms with Crippen LogP contribution in [0.4, 0.5) is 0 Å². The number of hydrogen-bond acceptors (Lipinski definition) is 3. The zero-order valence-electron chi connectivity index (χ0n) is 20.6. The molecule has 1 heterocycles. The fourth-order valence-corrected chi connectivity index (χ4v) is 2.95. The summed E-state index contributed by atoms with van der Waals surface area (Å²) in [6.45, 7) is 3.23. The van der Waals surface area contributed by atoms with Gasteiger partial charge in [-0.1, -0.05) is 67.7 Å². The third-order valence-corrected chi connectivity index (χ3v) is 4.82. The summed E-state index contributed by atoms with van der Waals surface area (Å²) in [5, 5.41) is 5.72. The summed E-state index contributed by atoms with van der Waals surface area (Å²) in [7, 11) is 0. The van der Waals surface area contributed by atoms with Crippen molar-refractivity contribution in [3.63, 3.8) is 0 Å². The Morgan fingerprint density at radius 2 is 1.38 bits per heavy atom. The van der Waals surface area contributed by atoms with Crippen LogP contribution in [0.5, 0.6) is 0 Å². The van der Waals surface area contributed by atoms with E-state index in [0.29, 0.717) is 31.5 Å². The highest BCUT2D eigenvalue weighted by atomic mass is 16.2. The Bertz CT molecular complexity index is 808. The van der Waals surface area contributed by atoms with Crippen LogP contribution in [0, 0.1) is 0 Å². The van der Waals surface area contributed by atoms with E-state index in [9.17, 15) is 9.59 Å². The standard InChI is InChI=1S/C29H41N3O2/c1-2-3-4-5-6-7-8-9-10-11-12-13-14-15-16-17-18-22-28(33)31-24-20-25-32-29(34)27-21-19-23-30-26-27/h3-4,6-7,9-10,12-13,15-16,19,21,23,26H,2,5,8,11,14,17-18,20,22,24-25H2,1H3,(H,31,33)(H,32,34). The summed E-state index contributed by atoms with van der Waals surface area (Å²) in [4.78, 5) is 27.7. The Morgan fingerprint density at radius 1 is 0.794 bits per heavy atom. The maximum Gasteiger partial charge on any atom is 0.252 e. The second kappa shape index (κ2) is 21.6. The maximum atomic E-state index is 11.9. The molecule has 0 bridgehead atoms. The van der Waals surface area contributed by atoms with Gasteiger partial charge in [-0.05, 0) is 63.5 Å². The van der Waals surface area contributed by atoms with E-state index in [4.69, 9.17) is 0 Å². The van der Waals surface area contributed by atoms with Gasteiger partial charge in [0.1, 0.15) is 0 Å². The number of nitrogens with zero attached hydrogens (tertiary/aromatic N) is 1. The van der Waals surface area contributed by atoms with Gasteiger partial charge >= 0.3 is 0 Å². The molecule has 0 fully saturated rings. The predicted octanol–water partition coefficient (Wildman–Crippen LogP) is 6.24. The molecule has 2 amide bonds. The highest BCUT2D eigenvalue weighted by molar-refractivity contribution is 5.93. The molecule has 2 N–H and O–H groups in total. The van der Waals surface area contributed by atoms with Crippen LogP contribution < -0.4 is 10.6 Å². The molecule has 34 heavy (non-hydrogen) atoms. The highest BCUT2D eigenvalue weighted by Crippen LogP contribution is 2.00. The van der Waals surface area contributed by atoms with E-state index in [-0.39, 0.29) is 11.8 Å². The average Bonchev–Trinajstić information content (AvgIpc) is 2.86. The van der Waals surface area contributed by atoms with Crippen molar-refractivity contribution in [1.82, 2.24) is 15.6 Å². The van der Waals surface area contributed by atoms with Crippen molar-refractivity contribution < 1.29 is 9.59 Å². The molecule has 1 aromatic rings. The SMILES string of the molecule is CCC=CCC=CCC=CCC=CCC=CCCCC(=O)NCCCNC(=O)c1cccnc1. The van der Waals surface area contributed by atoms with Crippen LogP contribution in [0.25, 0.3) is 0 Å². The molecule has 1 aromatic heterocycles. The van der Waals surface area contributed by atoms with Crippen LogP contribution in [-0.4, -0.2) is 29.9 Å². The van der Waals surface area contributed by atoms with Crippen molar-refractivity contribution in [2.45, 2.75) is 64.7 Å². The minimum absolute atomic E-state index is 0.0611. The summed E-state index contributed by atoms with van der Waals surface area (Å²) in [6.07, 6.45) is 33.0. The molecule has 0 aliphatic heterocycles. The third-order valence-electron chi connectivity index (χ3n) is 4.82. The lowest BCUT2D eigenvalue weighted by molar-refractivity contribution is -0.121. The van der Waals surface area contributed by atoms with Crippen molar-refractivity contribution in [2.24, 2.45) is 0 Å². The lowest BCUT2D eigenvalue weighted by atomic mass is 10.2. The molecule has 0 saturated heterocycles. The van der Waals surface area contributed by atoms with Gasteiger partial charge < -0.3 is 10.6 Å². The maximum absolute atomic E-state index is 11.9. The topological polar surface area (TPSA) is 71.1 Å². The summed E-state index contributed by atoms with van der Waals surface area (Å²) in [5.74, 6) is -0.0811. The van der Waals surface area contributed by atoms with Crippen molar-refractivity contribution in [3.8, 4) is 0 Å². The fourth-order valence-electron chi connectivity index (χ4n) is 2.95. The van der Waals surface area contributed by atoms with Crippen LogP contribution in [0.1, 0.15) is 75.1 Å². The first kappa shape index (κ1) is 28.8. The van der Waals surface area contributed by atoms with Crippen molar-refractivity contribution in [2.75, 3.05) is 13.1 Å². The van der Waals surface area contributed by atoms with Crippen LogP contribution in [0.2, 0.25) is 0 Å². The number of unbranched alkanes of at least 4 members (excludes halogenated alkanes) is 1. The number of nitrogens with one attached hydrogen (secondary N) is 2. The Balaban J connectivity index is 1.93. The Morgan fingerprint density at radius 3 is 1.97 bits per heavy atom. The monoisotopic (exact) mass is 463 g/mol. The van der Waals surface area contributed by atoms with Crippen LogP contribution >= 0.6 is 0 Å². The van der Waals surface area contributed by atoms with E-state index >= 15 is 0 Å². The molecule has 5 nitrogen and oxygen atoms in total. The number of pyridine rings is 1. The molecule has 0 unspecified atom stereocenters. The fraction of sp³-hybridized carbons (Fsp3) is 0.414. The largest absolute Gasteiger partial charge is 0.356 e. The quantitative estimate of drug-likeness (QED) is 0.200. The van der Waals surface area contributed by atoms with Crippen LogP contribution in [-0.2, 0) is 4.79 Å². The van der Waals surface area contributed by atoms with Gasteiger partial charge in [0.25, 0.3) is 5.91 Å². The predicted molar refractivity (Wildman–Crippen MR) is 143 cm³/mol. The first-order valence-corrected chi connectivity index (χ1v) is 12.4. The van der Waals surface area contributed by atoms with Gasteiger partial charge in [0.2, 0.25) is 5.91 Å². The van der Waals surface area contributed by atoms with Crippen LogP contribution in [0.3, 0.4) is 0 Å². The molecule has 0 saturated carbocycles. The normalized spacial score (nSPS) is 12.0. The number of rotatable bonds is 18. The van der Waals surface area contributed by atoms with Gasteiger partial charge in [0, 0.05) is 31.9 Å².